The first-order chi connectivity index (χ1) is 21.7. The van der Waals surface area contributed by atoms with E-state index in [1.165, 1.54) is 34.4 Å². The van der Waals surface area contributed by atoms with Gasteiger partial charge in [0, 0.05) is 17.0 Å². The molecule has 3 atom stereocenters. The second kappa shape index (κ2) is 15.4. The van der Waals surface area contributed by atoms with E-state index >= 15 is 0 Å². The van der Waals surface area contributed by atoms with Gasteiger partial charge in [0.05, 0.1) is 5.56 Å². The fraction of sp³-hybridized carbons (Fsp3) is 0.385. The normalized spacial score (nSPS) is 17.3. The average Bonchev–Trinajstić information content (AvgIpc) is 3.04. The number of halogens is 4. The fourth-order valence-electron chi connectivity index (χ4n) is 6.67. The van der Waals surface area contributed by atoms with Crippen molar-refractivity contribution in [3.05, 3.63) is 141 Å². The van der Waals surface area contributed by atoms with Gasteiger partial charge in [0.1, 0.15) is 0 Å². The van der Waals surface area contributed by atoms with Crippen LogP contribution in [0.5, 0.6) is 0 Å². The monoisotopic (exact) mass is 632 g/mol. The Morgan fingerprint density at radius 3 is 2.27 bits per heavy atom. The summed E-state index contributed by atoms with van der Waals surface area (Å²) in [5.41, 5.74) is 6.80. The van der Waals surface area contributed by atoms with Crippen molar-refractivity contribution in [2.45, 2.75) is 69.5 Å². The second-order valence-corrected chi connectivity index (χ2v) is 13.0. The Hall–Kier alpha value is -3.12. The van der Waals surface area contributed by atoms with Crippen LogP contribution in [0.15, 0.2) is 97.1 Å². The van der Waals surface area contributed by atoms with Crippen LogP contribution in [0.1, 0.15) is 88.9 Å². The number of nitrogens with zero attached hydrogens (tertiary/aromatic N) is 1. The Morgan fingerprint density at radius 1 is 0.844 bits per heavy atom. The summed E-state index contributed by atoms with van der Waals surface area (Å²) in [5.74, 6) is 0.628. The molecule has 238 valence electrons. The molecule has 1 aliphatic carbocycles. The zero-order valence-corrected chi connectivity index (χ0v) is 27.0. The molecule has 0 saturated heterocycles. The van der Waals surface area contributed by atoms with Gasteiger partial charge in [-0.25, -0.2) is 0 Å². The molecule has 0 radical (unpaired) electrons. The first-order valence-electron chi connectivity index (χ1n) is 16.2. The van der Waals surface area contributed by atoms with E-state index in [0.29, 0.717) is 12.0 Å². The molecular weight excluding hydrogens is 589 g/mol. The van der Waals surface area contributed by atoms with Crippen LogP contribution in [-0.2, 0) is 12.6 Å². The van der Waals surface area contributed by atoms with E-state index in [4.69, 9.17) is 11.6 Å². The minimum atomic E-state index is -4.31. The Balaban J connectivity index is 1.09. The standard InChI is InChI=1S/C39H44ClF3N2/c1-28-14-17-32(27-37(28)40)34-20-21-38(36-13-7-6-12-35(34)36)44-23-8-9-24-45(2)25-22-31(30-10-4-3-5-11-30)26-29-15-18-33(19-16-29)39(41,42)43/h3-7,10-19,27,31,34,38,44H,8-9,20-26H2,1-2H3. The lowest BCUT2D eigenvalue weighted by atomic mass is 9.76. The SMILES string of the molecule is Cc1ccc(C2CCC(NCCCCN(C)CCC(Cc3ccc(C(F)(F)F)cc3)c3ccccc3)c3ccccc32)cc1Cl. The third-order valence-corrected chi connectivity index (χ3v) is 9.75. The lowest BCUT2D eigenvalue weighted by molar-refractivity contribution is -0.137. The summed E-state index contributed by atoms with van der Waals surface area (Å²) in [7, 11) is 2.17. The number of unbranched alkanes of at least 4 members (excludes halogenated alkanes) is 1. The summed E-state index contributed by atoms with van der Waals surface area (Å²) < 4.78 is 39.1. The van der Waals surface area contributed by atoms with Gasteiger partial charge in [0.2, 0.25) is 0 Å². The summed E-state index contributed by atoms with van der Waals surface area (Å²) in [6.07, 6.45) is 1.78. The van der Waals surface area contributed by atoms with Gasteiger partial charge in [-0.15, -0.1) is 0 Å². The summed E-state index contributed by atoms with van der Waals surface area (Å²) in [5, 5.41) is 4.68. The molecule has 0 amide bonds. The maximum absolute atomic E-state index is 13.0. The van der Waals surface area contributed by atoms with E-state index in [1.807, 2.05) is 25.1 Å². The van der Waals surface area contributed by atoms with Gasteiger partial charge in [-0.3, -0.25) is 0 Å². The number of alkyl halides is 3. The number of aryl methyl sites for hydroxylation is 1. The number of fused-ring (bicyclic) bond motifs is 1. The predicted octanol–water partition coefficient (Wildman–Crippen LogP) is 10.4. The summed E-state index contributed by atoms with van der Waals surface area (Å²) >= 11 is 6.48. The minimum Gasteiger partial charge on any atom is -0.310 e. The fourth-order valence-corrected chi connectivity index (χ4v) is 6.86. The van der Waals surface area contributed by atoms with E-state index in [2.05, 4.69) is 71.9 Å². The quantitative estimate of drug-likeness (QED) is 0.148. The van der Waals surface area contributed by atoms with E-state index in [9.17, 15) is 13.2 Å². The van der Waals surface area contributed by atoms with Crippen LogP contribution in [0.25, 0.3) is 0 Å². The van der Waals surface area contributed by atoms with Gasteiger partial charge in [-0.05, 0) is 130 Å². The van der Waals surface area contributed by atoms with Crippen molar-refractivity contribution in [1.82, 2.24) is 10.2 Å². The Bertz CT molecular complexity index is 1500. The van der Waals surface area contributed by atoms with Crippen LogP contribution in [0.3, 0.4) is 0 Å². The van der Waals surface area contributed by atoms with E-state index in [0.717, 1.165) is 74.3 Å². The highest BCUT2D eigenvalue weighted by molar-refractivity contribution is 6.31. The van der Waals surface area contributed by atoms with E-state index < -0.39 is 11.7 Å². The van der Waals surface area contributed by atoms with Gasteiger partial charge in [0.25, 0.3) is 0 Å². The molecular formula is C39H44ClF3N2. The molecule has 4 aromatic carbocycles. The van der Waals surface area contributed by atoms with Crippen LogP contribution in [0.4, 0.5) is 13.2 Å². The largest absolute Gasteiger partial charge is 0.416 e. The Kier molecular flexibility index (Phi) is 11.4. The molecule has 0 bridgehead atoms. The molecule has 0 fully saturated rings. The zero-order valence-electron chi connectivity index (χ0n) is 26.3. The smallest absolute Gasteiger partial charge is 0.310 e. The molecule has 45 heavy (non-hydrogen) atoms. The number of hydrogen-bond donors (Lipinski definition) is 1. The molecule has 0 saturated carbocycles. The molecule has 0 spiro atoms. The van der Waals surface area contributed by atoms with Crippen molar-refractivity contribution < 1.29 is 13.2 Å². The first-order valence-corrected chi connectivity index (χ1v) is 16.5. The van der Waals surface area contributed by atoms with Gasteiger partial charge in [0.15, 0.2) is 0 Å². The van der Waals surface area contributed by atoms with Gasteiger partial charge in [-0.1, -0.05) is 90.5 Å². The molecule has 0 heterocycles. The Labute approximate surface area is 271 Å². The molecule has 3 unspecified atom stereocenters. The van der Waals surface area contributed by atoms with Gasteiger partial charge < -0.3 is 10.2 Å². The van der Waals surface area contributed by atoms with Crippen LogP contribution >= 0.6 is 11.6 Å². The van der Waals surface area contributed by atoms with Crippen LogP contribution in [0, 0.1) is 6.92 Å². The minimum absolute atomic E-state index is 0.248. The van der Waals surface area contributed by atoms with Crippen molar-refractivity contribution in [1.29, 1.82) is 0 Å². The summed E-state index contributed by atoms with van der Waals surface area (Å²) in [6, 6.07) is 31.7. The topological polar surface area (TPSA) is 15.3 Å². The second-order valence-electron chi connectivity index (χ2n) is 12.6. The van der Waals surface area contributed by atoms with Crippen molar-refractivity contribution in [3.8, 4) is 0 Å². The third-order valence-electron chi connectivity index (χ3n) is 9.34. The van der Waals surface area contributed by atoms with E-state index in [-0.39, 0.29) is 5.92 Å². The van der Waals surface area contributed by atoms with E-state index in [1.54, 1.807) is 12.1 Å². The lowest BCUT2D eigenvalue weighted by Gasteiger charge is -2.33. The zero-order chi connectivity index (χ0) is 31.8. The molecule has 2 nitrogen and oxygen atoms in total. The number of nitrogens with one attached hydrogen (secondary N) is 1. The van der Waals surface area contributed by atoms with Crippen LogP contribution < -0.4 is 5.32 Å². The molecule has 6 heteroatoms. The highest BCUT2D eigenvalue weighted by Gasteiger charge is 2.30. The average molecular weight is 633 g/mol. The molecule has 0 aromatic heterocycles. The predicted molar refractivity (Wildman–Crippen MR) is 180 cm³/mol. The highest BCUT2D eigenvalue weighted by Crippen LogP contribution is 2.42. The lowest BCUT2D eigenvalue weighted by Crippen LogP contribution is -2.28. The third kappa shape index (κ3) is 9.00. The summed E-state index contributed by atoms with van der Waals surface area (Å²) in [6.45, 7) is 4.98. The maximum atomic E-state index is 13.0. The van der Waals surface area contributed by atoms with Crippen molar-refractivity contribution >= 4 is 11.6 Å². The van der Waals surface area contributed by atoms with Crippen molar-refractivity contribution in [2.24, 2.45) is 0 Å². The van der Waals surface area contributed by atoms with Crippen molar-refractivity contribution in [2.75, 3.05) is 26.7 Å². The summed E-state index contributed by atoms with van der Waals surface area (Å²) in [4.78, 5) is 2.38. The number of hydrogen-bond acceptors (Lipinski definition) is 2. The molecule has 0 aliphatic heterocycles. The number of benzene rings is 4. The maximum Gasteiger partial charge on any atom is 0.416 e. The van der Waals surface area contributed by atoms with Crippen LogP contribution in [0.2, 0.25) is 5.02 Å². The van der Waals surface area contributed by atoms with Gasteiger partial charge in [-0.2, -0.15) is 13.2 Å². The highest BCUT2D eigenvalue weighted by atomic mass is 35.5. The first kappa shape index (κ1) is 33.2. The number of rotatable bonds is 13. The van der Waals surface area contributed by atoms with Crippen LogP contribution in [-0.4, -0.2) is 31.6 Å². The molecule has 1 N–H and O–H groups in total. The molecule has 1 aliphatic rings. The van der Waals surface area contributed by atoms with Crippen molar-refractivity contribution in [3.63, 3.8) is 0 Å². The molecule has 4 aromatic rings. The molecule has 5 rings (SSSR count). The Morgan fingerprint density at radius 2 is 1.56 bits per heavy atom. The van der Waals surface area contributed by atoms with Gasteiger partial charge >= 0.3 is 6.18 Å².